The number of fused-ring (bicyclic) bond motifs is 1. The molecule has 0 spiro atoms. The molecule has 1 saturated carbocycles. The van der Waals surface area contributed by atoms with E-state index in [1.54, 1.807) is 0 Å². The lowest BCUT2D eigenvalue weighted by Crippen LogP contribution is -2.27. The first-order valence-electron chi connectivity index (χ1n) is 8.40. The fourth-order valence-corrected chi connectivity index (χ4v) is 3.28. The summed E-state index contributed by atoms with van der Waals surface area (Å²) >= 11 is 0. The molecule has 2 heterocycles. The van der Waals surface area contributed by atoms with Crippen molar-refractivity contribution < 1.29 is 0 Å². The summed E-state index contributed by atoms with van der Waals surface area (Å²) in [6.07, 6.45) is 9.80. The maximum atomic E-state index is 4.95. The van der Waals surface area contributed by atoms with E-state index in [1.165, 1.54) is 36.3 Å². The molecular formula is C18H22N4. The SMILES string of the molecule is CCN(CC1CC1)c1nc(-c2ccncc2)nc2c1CCC2. The zero-order valence-corrected chi connectivity index (χ0v) is 13.1. The molecule has 0 atom stereocenters. The van der Waals surface area contributed by atoms with Crippen LogP contribution >= 0.6 is 0 Å². The van der Waals surface area contributed by atoms with E-state index in [-0.39, 0.29) is 0 Å². The van der Waals surface area contributed by atoms with Crippen molar-refractivity contribution in [3.63, 3.8) is 0 Å². The van der Waals surface area contributed by atoms with Gasteiger partial charge in [0.15, 0.2) is 5.82 Å². The first-order valence-corrected chi connectivity index (χ1v) is 8.40. The van der Waals surface area contributed by atoms with Crippen LogP contribution in [0.15, 0.2) is 24.5 Å². The largest absolute Gasteiger partial charge is 0.356 e. The molecule has 0 unspecified atom stereocenters. The minimum absolute atomic E-state index is 0.854. The van der Waals surface area contributed by atoms with Gasteiger partial charge in [-0.15, -0.1) is 0 Å². The average Bonchev–Trinajstić information content (AvgIpc) is 3.26. The second-order valence-electron chi connectivity index (χ2n) is 6.37. The van der Waals surface area contributed by atoms with E-state index >= 15 is 0 Å². The summed E-state index contributed by atoms with van der Waals surface area (Å²) in [7, 11) is 0. The van der Waals surface area contributed by atoms with Crippen LogP contribution in [-0.2, 0) is 12.8 Å². The van der Waals surface area contributed by atoms with Crippen LogP contribution in [0.5, 0.6) is 0 Å². The van der Waals surface area contributed by atoms with Crippen molar-refractivity contribution >= 4 is 5.82 Å². The van der Waals surface area contributed by atoms with Crippen molar-refractivity contribution in [3.8, 4) is 11.4 Å². The van der Waals surface area contributed by atoms with Gasteiger partial charge >= 0.3 is 0 Å². The third kappa shape index (κ3) is 2.58. The van der Waals surface area contributed by atoms with Crippen LogP contribution in [0.1, 0.15) is 37.4 Å². The van der Waals surface area contributed by atoms with Crippen LogP contribution in [0, 0.1) is 5.92 Å². The molecule has 0 aliphatic heterocycles. The van der Waals surface area contributed by atoms with Gasteiger partial charge in [-0.2, -0.15) is 0 Å². The maximum Gasteiger partial charge on any atom is 0.161 e. The molecule has 2 aromatic rings. The fraction of sp³-hybridized carbons (Fsp3) is 0.500. The number of rotatable bonds is 5. The Kier molecular flexibility index (Phi) is 3.53. The fourth-order valence-electron chi connectivity index (χ4n) is 3.28. The second-order valence-corrected chi connectivity index (χ2v) is 6.37. The van der Waals surface area contributed by atoms with Gasteiger partial charge in [0.1, 0.15) is 5.82 Å². The Morgan fingerprint density at radius 2 is 1.95 bits per heavy atom. The highest BCUT2D eigenvalue weighted by atomic mass is 15.2. The van der Waals surface area contributed by atoms with E-state index in [0.717, 1.165) is 43.2 Å². The highest BCUT2D eigenvalue weighted by molar-refractivity contribution is 5.61. The summed E-state index contributed by atoms with van der Waals surface area (Å²) in [5, 5.41) is 0. The molecule has 0 radical (unpaired) electrons. The zero-order chi connectivity index (χ0) is 14.9. The Morgan fingerprint density at radius 1 is 1.14 bits per heavy atom. The number of nitrogens with zero attached hydrogens (tertiary/aromatic N) is 4. The standard InChI is InChI=1S/C18H22N4/c1-2-22(12-13-6-7-13)18-15-4-3-5-16(15)20-17(21-18)14-8-10-19-11-9-14/h8-11,13H,2-7,12H2,1H3. The van der Waals surface area contributed by atoms with Gasteiger partial charge in [0.25, 0.3) is 0 Å². The van der Waals surface area contributed by atoms with Gasteiger partial charge in [-0.25, -0.2) is 9.97 Å². The molecule has 1 fully saturated rings. The summed E-state index contributed by atoms with van der Waals surface area (Å²) in [6.45, 7) is 4.41. The van der Waals surface area contributed by atoms with Crippen LogP contribution in [0.25, 0.3) is 11.4 Å². The van der Waals surface area contributed by atoms with Gasteiger partial charge in [0.2, 0.25) is 0 Å². The highest BCUT2D eigenvalue weighted by Crippen LogP contribution is 2.35. The minimum atomic E-state index is 0.854. The lowest BCUT2D eigenvalue weighted by molar-refractivity contribution is 0.726. The average molecular weight is 294 g/mol. The van der Waals surface area contributed by atoms with E-state index in [0.29, 0.717) is 0 Å². The van der Waals surface area contributed by atoms with Crippen molar-refractivity contribution in [1.29, 1.82) is 0 Å². The van der Waals surface area contributed by atoms with Crippen molar-refractivity contribution in [2.75, 3.05) is 18.0 Å². The second kappa shape index (κ2) is 5.67. The Hall–Kier alpha value is -1.97. The predicted octanol–water partition coefficient (Wildman–Crippen LogP) is 3.26. The summed E-state index contributed by atoms with van der Waals surface area (Å²) in [5.74, 6) is 2.91. The first-order chi connectivity index (χ1) is 10.8. The third-order valence-electron chi connectivity index (χ3n) is 4.71. The molecule has 2 aromatic heterocycles. The Balaban J connectivity index is 1.77. The van der Waals surface area contributed by atoms with Crippen LogP contribution < -0.4 is 4.90 Å². The molecule has 0 bridgehead atoms. The molecule has 2 aliphatic rings. The smallest absolute Gasteiger partial charge is 0.161 e. The van der Waals surface area contributed by atoms with Gasteiger partial charge in [0, 0.05) is 42.3 Å². The number of hydrogen-bond acceptors (Lipinski definition) is 4. The van der Waals surface area contributed by atoms with E-state index < -0.39 is 0 Å². The molecule has 0 N–H and O–H groups in total. The third-order valence-corrected chi connectivity index (χ3v) is 4.71. The van der Waals surface area contributed by atoms with Gasteiger partial charge in [-0.05, 0) is 57.1 Å². The zero-order valence-electron chi connectivity index (χ0n) is 13.1. The molecular weight excluding hydrogens is 272 g/mol. The molecule has 0 aromatic carbocycles. The topological polar surface area (TPSA) is 41.9 Å². The Labute approximate surface area is 131 Å². The van der Waals surface area contributed by atoms with Gasteiger partial charge in [-0.1, -0.05) is 0 Å². The van der Waals surface area contributed by atoms with Crippen LogP contribution in [-0.4, -0.2) is 28.0 Å². The Bertz CT molecular complexity index is 664. The lowest BCUT2D eigenvalue weighted by atomic mass is 10.2. The van der Waals surface area contributed by atoms with Gasteiger partial charge in [-0.3, -0.25) is 4.98 Å². The van der Waals surface area contributed by atoms with Gasteiger partial charge in [0.05, 0.1) is 0 Å². The molecule has 22 heavy (non-hydrogen) atoms. The number of anilines is 1. The van der Waals surface area contributed by atoms with Crippen molar-refractivity contribution in [2.45, 2.75) is 39.0 Å². The molecule has 4 heteroatoms. The summed E-state index contributed by atoms with van der Waals surface area (Å²) in [5.41, 5.74) is 3.71. The number of aryl methyl sites for hydroxylation is 1. The van der Waals surface area contributed by atoms with Crippen molar-refractivity contribution in [1.82, 2.24) is 15.0 Å². The van der Waals surface area contributed by atoms with E-state index in [9.17, 15) is 0 Å². The van der Waals surface area contributed by atoms with Crippen molar-refractivity contribution in [2.24, 2.45) is 5.92 Å². The quantitative estimate of drug-likeness (QED) is 0.849. The summed E-state index contributed by atoms with van der Waals surface area (Å²) < 4.78 is 0. The summed E-state index contributed by atoms with van der Waals surface area (Å²) in [6, 6.07) is 4.00. The van der Waals surface area contributed by atoms with Crippen LogP contribution in [0.3, 0.4) is 0 Å². The first kappa shape index (κ1) is 13.7. The van der Waals surface area contributed by atoms with E-state index in [1.807, 2.05) is 24.5 Å². The predicted molar refractivity (Wildman–Crippen MR) is 87.9 cm³/mol. The molecule has 2 aliphatic carbocycles. The monoisotopic (exact) mass is 294 g/mol. The highest BCUT2D eigenvalue weighted by Gasteiger charge is 2.28. The molecule has 0 amide bonds. The molecule has 114 valence electrons. The Morgan fingerprint density at radius 3 is 2.68 bits per heavy atom. The summed E-state index contributed by atoms with van der Waals surface area (Å²) in [4.78, 5) is 16.3. The van der Waals surface area contributed by atoms with Crippen LogP contribution in [0.4, 0.5) is 5.82 Å². The number of aromatic nitrogens is 3. The van der Waals surface area contributed by atoms with E-state index in [4.69, 9.17) is 9.97 Å². The normalized spacial score (nSPS) is 16.6. The molecule has 4 rings (SSSR count). The number of hydrogen-bond donors (Lipinski definition) is 0. The molecule has 4 nitrogen and oxygen atoms in total. The molecule has 0 saturated heterocycles. The lowest BCUT2D eigenvalue weighted by Gasteiger charge is -2.25. The minimum Gasteiger partial charge on any atom is -0.356 e. The maximum absolute atomic E-state index is 4.95. The van der Waals surface area contributed by atoms with E-state index in [2.05, 4.69) is 16.8 Å². The van der Waals surface area contributed by atoms with Gasteiger partial charge < -0.3 is 4.90 Å². The van der Waals surface area contributed by atoms with Crippen molar-refractivity contribution in [3.05, 3.63) is 35.8 Å². The van der Waals surface area contributed by atoms with Crippen LogP contribution in [0.2, 0.25) is 0 Å². The number of pyridine rings is 1.